The second kappa shape index (κ2) is 9.34. The highest BCUT2D eigenvalue weighted by Crippen LogP contribution is 2.24. The number of halogens is 1. The van der Waals surface area contributed by atoms with Crippen molar-refractivity contribution in [3.63, 3.8) is 0 Å². The van der Waals surface area contributed by atoms with Crippen LogP contribution in [0.2, 0.25) is 0 Å². The van der Waals surface area contributed by atoms with Gasteiger partial charge in [-0.25, -0.2) is 14.2 Å². The van der Waals surface area contributed by atoms with Crippen molar-refractivity contribution in [3.05, 3.63) is 71.4 Å². The maximum absolute atomic E-state index is 14.4. The lowest BCUT2D eigenvalue weighted by atomic mass is 10.1. The van der Waals surface area contributed by atoms with Gasteiger partial charge in [0.1, 0.15) is 29.6 Å². The van der Waals surface area contributed by atoms with E-state index < -0.39 is 17.9 Å². The van der Waals surface area contributed by atoms with Gasteiger partial charge < -0.3 is 19.0 Å². The molecule has 0 saturated heterocycles. The molecular formula is C22H22FNO5. The molecule has 0 aliphatic heterocycles. The number of oxazole rings is 1. The number of rotatable bonds is 9. The van der Waals surface area contributed by atoms with Gasteiger partial charge in [-0.2, -0.15) is 0 Å². The van der Waals surface area contributed by atoms with Crippen molar-refractivity contribution in [2.75, 3.05) is 6.61 Å². The van der Waals surface area contributed by atoms with Crippen LogP contribution in [0.1, 0.15) is 23.9 Å². The summed E-state index contributed by atoms with van der Waals surface area (Å²) in [6, 6.07) is 13.8. The van der Waals surface area contributed by atoms with Crippen LogP contribution < -0.4 is 4.74 Å². The Morgan fingerprint density at radius 2 is 2.00 bits per heavy atom. The van der Waals surface area contributed by atoms with Gasteiger partial charge >= 0.3 is 5.97 Å². The molecule has 7 heteroatoms. The summed E-state index contributed by atoms with van der Waals surface area (Å²) in [5.74, 6) is -0.225. The first-order valence-corrected chi connectivity index (χ1v) is 9.25. The van der Waals surface area contributed by atoms with E-state index in [1.807, 2.05) is 30.3 Å². The molecule has 6 nitrogen and oxygen atoms in total. The van der Waals surface area contributed by atoms with Gasteiger partial charge in [-0.3, -0.25) is 0 Å². The molecule has 1 aromatic heterocycles. The molecule has 0 saturated carbocycles. The van der Waals surface area contributed by atoms with E-state index in [1.165, 1.54) is 12.1 Å². The fourth-order valence-corrected chi connectivity index (χ4v) is 2.82. The summed E-state index contributed by atoms with van der Waals surface area (Å²) in [4.78, 5) is 15.6. The number of hydrogen-bond acceptors (Lipinski definition) is 5. The molecule has 1 heterocycles. The minimum Gasteiger partial charge on any atom is -0.487 e. The van der Waals surface area contributed by atoms with Crippen LogP contribution in [0.15, 0.2) is 52.9 Å². The smallest absolute Gasteiger partial charge is 0.333 e. The monoisotopic (exact) mass is 399 g/mol. The molecule has 0 bridgehead atoms. The van der Waals surface area contributed by atoms with Gasteiger partial charge in [0, 0.05) is 24.7 Å². The molecule has 0 unspecified atom stereocenters. The number of ether oxygens (including phenoxy) is 2. The SMILES string of the molecule is CCO[C@@H](Cc1ccc(OCc2nc(-c3ccccc3)oc2C)cc1F)C(=O)O. The first kappa shape index (κ1) is 20.5. The van der Waals surface area contributed by atoms with Crippen molar-refractivity contribution >= 4 is 5.97 Å². The minimum absolute atomic E-state index is 0.0574. The molecule has 0 fully saturated rings. The van der Waals surface area contributed by atoms with Crippen LogP contribution in [-0.4, -0.2) is 28.8 Å². The van der Waals surface area contributed by atoms with E-state index in [0.717, 1.165) is 5.56 Å². The molecule has 3 aromatic rings. The van der Waals surface area contributed by atoms with Crippen molar-refractivity contribution in [2.24, 2.45) is 0 Å². The molecule has 2 aromatic carbocycles. The summed E-state index contributed by atoms with van der Waals surface area (Å²) in [6.07, 6.45) is -1.14. The first-order valence-electron chi connectivity index (χ1n) is 9.25. The molecule has 0 amide bonds. The Bertz CT molecular complexity index is 971. The summed E-state index contributed by atoms with van der Waals surface area (Å²) in [5.41, 5.74) is 1.73. The zero-order chi connectivity index (χ0) is 20.8. The zero-order valence-corrected chi connectivity index (χ0v) is 16.2. The fourth-order valence-electron chi connectivity index (χ4n) is 2.82. The second-order valence-corrected chi connectivity index (χ2v) is 6.42. The van der Waals surface area contributed by atoms with E-state index in [1.54, 1.807) is 19.9 Å². The molecule has 29 heavy (non-hydrogen) atoms. The lowest BCUT2D eigenvalue weighted by molar-refractivity contribution is -0.150. The maximum Gasteiger partial charge on any atom is 0.333 e. The number of nitrogens with zero attached hydrogens (tertiary/aromatic N) is 1. The summed E-state index contributed by atoms with van der Waals surface area (Å²) in [6.45, 7) is 3.85. The molecule has 0 radical (unpaired) electrons. The fraction of sp³-hybridized carbons (Fsp3) is 0.273. The predicted octanol–water partition coefficient (Wildman–Crippen LogP) is 4.40. The molecule has 152 valence electrons. The van der Waals surface area contributed by atoms with Crippen LogP contribution in [0.3, 0.4) is 0 Å². The predicted molar refractivity (Wildman–Crippen MR) is 104 cm³/mol. The number of aryl methyl sites for hydroxylation is 1. The van der Waals surface area contributed by atoms with Gasteiger partial charge in [0.2, 0.25) is 5.89 Å². The number of carboxylic acid groups (broad SMARTS) is 1. The van der Waals surface area contributed by atoms with Crippen LogP contribution in [-0.2, 0) is 22.6 Å². The molecular weight excluding hydrogens is 377 g/mol. The summed E-state index contributed by atoms with van der Waals surface area (Å²) >= 11 is 0. The van der Waals surface area contributed by atoms with Crippen molar-refractivity contribution < 1.29 is 28.2 Å². The Balaban J connectivity index is 1.67. The Morgan fingerprint density at radius 3 is 2.66 bits per heavy atom. The highest BCUT2D eigenvalue weighted by atomic mass is 19.1. The van der Waals surface area contributed by atoms with Crippen LogP contribution in [0.25, 0.3) is 11.5 Å². The van der Waals surface area contributed by atoms with Crippen LogP contribution >= 0.6 is 0 Å². The van der Waals surface area contributed by atoms with Crippen molar-refractivity contribution in [1.82, 2.24) is 4.98 Å². The number of carboxylic acids is 1. The molecule has 1 atom stereocenters. The zero-order valence-electron chi connectivity index (χ0n) is 16.2. The van der Waals surface area contributed by atoms with Crippen molar-refractivity contribution in [3.8, 4) is 17.2 Å². The number of hydrogen-bond donors (Lipinski definition) is 1. The van der Waals surface area contributed by atoms with Crippen LogP contribution in [0.5, 0.6) is 5.75 Å². The van der Waals surface area contributed by atoms with Gasteiger partial charge in [0.25, 0.3) is 0 Å². The van der Waals surface area contributed by atoms with Gasteiger partial charge in [-0.05, 0) is 37.6 Å². The van der Waals surface area contributed by atoms with Crippen LogP contribution in [0, 0.1) is 12.7 Å². The standard InChI is InChI=1S/C22H22FNO5/c1-3-27-20(22(25)26)11-16-9-10-17(12-18(16)23)28-13-19-14(2)29-21(24-19)15-7-5-4-6-8-15/h4-10,12,20H,3,11,13H2,1-2H3,(H,25,26)/t20-/m0/s1. The topological polar surface area (TPSA) is 81.8 Å². The Labute approximate surface area is 167 Å². The number of aromatic nitrogens is 1. The number of carbonyl (C=O) groups is 1. The Hall–Kier alpha value is -3.19. The van der Waals surface area contributed by atoms with Gasteiger partial charge in [0.05, 0.1) is 0 Å². The van der Waals surface area contributed by atoms with E-state index >= 15 is 0 Å². The highest BCUT2D eigenvalue weighted by molar-refractivity contribution is 5.72. The molecule has 0 spiro atoms. The van der Waals surface area contributed by atoms with Gasteiger partial charge in [-0.15, -0.1) is 0 Å². The average Bonchev–Trinajstić information content (AvgIpc) is 3.09. The molecule has 0 aliphatic rings. The number of benzene rings is 2. The molecule has 0 aliphatic carbocycles. The number of aliphatic carboxylic acids is 1. The first-order chi connectivity index (χ1) is 14.0. The quantitative estimate of drug-likeness (QED) is 0.574. The molecule has 1 N–H and O–H groups in total. The van der Waals surface area contributed by atoms with Crippen molar-refractivity contribution in [2.45, 2.75) is 33.0 Å². The third kappa shape index (κ3) is 5.20. The summed E-state index contributed by atoms with van der Waals surface area (Å²) in [7, 11) is 0. The van der Waals surface area contributed by atoms with E-state index in [9.17, 15) is 9.18 Å². The second-order valence-electron chi connectivity index (χ2n) is 6.42. The van der Waals surface area contributed by atoms with Gasteiger partial charge in [-0.1, -0.05) is 24.3 Å². The van der Waals surface area contributed by atoms with E-state index in [0.29, 0.717) is 23.1 Å². The van der Waals surface area contributed by atoms with E-state index in [-0.39, 0.29) is 25.2 Å². The Kier molecular flexibility index (Phi) is 6.61. The van der Waals surface area contributed by atoms with E-state index in [4.69, 9.17) is 19.0 Å². The van der Waals surface area contributed by atoms with Crippen LogP contribution in [0.4, 0.5) is 4.39 Å². The summed E-state index contributed by atoms with van der Waals surface area (Å²) < 4.78 is 30.8. The highest BCUT2D eigenvalue weighted by Gasteiger charge is 2.20. The normalized spacial score (nSPS) is 12.0. The third-order valence-corrected chi connectivity index (χ3v) is 4.36. The largest absolute Gasteiger partial charge is 0.487 e. The average molecular weight is 399 g/mol. The van der Waals surface area contributed by atoms with Crippen molar-refractivity contribution in [1.29, 1.82) is 0 Å². The Morgan fingerprint density at radius 1 is 1.24 bits per heavy atom. The maximum atomic E-state index is 14.4. The third-order valence-electron chi connectivity index (χ3n) is 4.36. The summed E-state index contributed by atoms with van der Waals surface area (Å²) in [5, 5.41) is 9.14. The lowest BCUT2D eigenvalue weighted by Gasteiger charge is -2.13. The molecule has 3 rings (SSSR count). The minimum atomic E-state index is -1.12. The van der Waals surface area contributed by atoms with E-state index in [2.05, 4.69) is 4.98 Å². The van der Waals surface area contributed by atoms with Gasteiger partial charge in [0.15, 0.2) is 6.10 Å². The lowest BCUT2D eigenvalue weighted by Crippen LogP contribution is -2.26.